The van der Waals surface area contributed by atoms with Gasteiger partial charge in [-0.1, -0.05) is 18.2 Å². The number of ether oxygens (including phenoxy) is 2. The molecule has 0 bridgehead atoms. The van der Waals surface area contributed by atoms with Crippen LogP contribution in [0.5, 0.6) is 11.5 Å². The van der Waals surface area contributed by atoms with Gasteiger partial charge in [-0.3, -0.25) is 14.5 Å². The molecule has 1 aliphatic carbocycles. The second-order valence-corrected chi connectivity index (χ2v) is 7.90. The van der Waals surface area contributed by atoms with Crippen molar-refractivity contribution in [1.82, 2.24) is 10.2 Å². The van der Waals surface area contributed by atoms with Crippen LogP contribution in [0, 0.1) is 0 Å². The van der Waals surface area contributed by atoms with Crippen LogP contribution in [0.1, 0.15) is 30.0 Å². The lowest BCUT2D eigenvalue weighted by Crippen LogP contribution is -2.42. The summed E-state index contributed by atoms with van der Waals surface area (Å²) < 4.78 is 10.5. The van der Waals surface area contributed by atoms with Crippen LogP contribution in [0.2, 0.25) is 0 Å². The highest BCUT2D eigenvalue weighted by Gasteiger charge is 2.49. The molecule has 1 fully saturated rings. The molecule has 2 aromatic carbocycles. The summed E-state index contributed by atoms with van der Waals surface area (Å²) in [5, 5.41) is 5.45. The maximum atomic E-state index is 13.1. The van der Waals surface area contributed by atoms with Crippen LogP contribution in [0.25, 0.3) is 0 Å². The number of hydrogen-bond donors (Lipinski definition) is 2. The minimum absolute atomic E-state index is 0.135. The molecule has 4 amide bonds. The largest absolute Gasteiger partial charge is 0.454 e. The molecule has 8 heteroatoms. The maximum absolute atomic E-state index is 13.1. The van der Waals surface area contributed by atoms with Crippen molar-refractivity contribution in [2.24, 2.45) is 0 Å². The van der Waals surface area contributed by atoms with Gasteiger partial charge in [-0.2, -0.15) is 0 Å². The van der Waals surface area contributed by atoms with E-state index in [4.69, 9.17) is 9.47 Å². The van der Waals surface area contributed by atoms with Crippen LogP contribution in [-0.2, 0) is 28.0 Å². The molecule has 2 aliphatic heterocycles. The first kappa shape index (κ1) is 18.5. The predicted octanol–water partition coefficient (Wildman–Crippen LogP) is 2.31. The van der Waals surface area contributed by atoms with Gasteiger partial charge in [0.2, 0.25) is 12.7 Å². The molecule has 3 aliphatic rings. The van der Waals surface area contributed by atoms with Crippen LogP contribution in [0.3, 0.4) is 0 Å². The van der Waals surface area contributed by atoms with E-state index in [1.165, 1.54) is 11.1 Å². The Hall–Kier alpha value is -3.55. The highest BCUT2D eigenvalue weighted by molar-refractivity contribution is 6.10. The zero-order valence-corrected chi connectivity index (χ0v) is 16.5. The minimum atomic E-state index is -1.19. The molecule has 0 aromatic heterocycles. The van der Waals surface area contributed by atoms with Gasteiger partial charge < -0.3 is 20.1 Å². The number of carbonyl (C=O) groups excluding carboxylic acids is 3. The Balaban J connectivity index is 1.31. The zero-order valence-electron chi connectivity index (χ0n) is 16.5. The Morgan fingerprint density at radius 3 is 2.77 bits per heavy atom. The fourth-order valence-electron chi connectivity index (χ4n) is 4.24. The van der Waals surface area contributed by atoms with Gasteiger partial charge in [-0.25, -0.2) is 4.79 Å². The Morgan fingerprint density at radius 2 is 1.90 bits per heavy atom. The van der Waals surface area contributed by atoms with Crippen molar-refractivity contribution in [2.75, 3.05) is 18.7 Å². The molecule has 1 saturated heterocycles. The molecule has 2 heterocycles. The van der Waals surface area contributed by atoms with Crippen molar-refractivity contribution >= 4 is 23.5 Å². The first-order valence-corrected chi connectivity index (χ1v) is 9.90. The van der Waals surface area contributed by atoms with Crippen molar-refractivity contribution in [3.8, 4) is 11.5 Å². The molecule has 0 saturated carbocycles. The second-order valence-electron chi connectivity index (χ2n) is 7.90. The summed E-state index contributed by atoms with van der Waals surface area (Å²) in [7, 11) is 0. The average molecular weight is 407 g/mol. The first-order chi connectivity index (χ1) is 14.4. The van der Waals surface area contributed by atoms with Gasteiger partial charge in [0.1, 0.15) is 12.1 Å². The van der Waals surface area contributed by atoms with E-state index in [0.717, 1.165) is 29.7 Å². The monoisotopic (exact) mass is 407 g/mol. The van der Waals surface area contributed by atoms with Crippen molar-refractivity contribution < 1.29 is 23.9 Å². The predicted molar refractivity (Wildman–Crippen MR) is 107 cm³/mol. The van der Waals surface area contributed by atoms with Crippen LogP contribution in [-0.4, -0.2) is 36.1 Å². The van der Waals surface area contributed by atoms with E-state index in [0.29, 0.717) is 17.2 Å². The number of fused-ring (bicyclic) bond motifs is 2. The van der Waals surface area contributed by atoms with Gasteiger partial charge >= 0.3 is 6.03 Å². The lowest BCUT2D eigenvalue weighted by molar-refractivity contribution is -0.133. The van der Waals surface area contributed by atoms with Crippen LogP contribution < -0.4 is 20.1 Å². The van der Waals surface area contributed by atoms with Gasteiger partial charge in [0.05, 0.1) is 0 Å². The molecule has 1 atom stereocenters. The zero-order chi connectivity index (χ0) is 20.9. The standard InChI is InChI=1S/C22H21N3O5/c1-22(15-6-5-13-3-2-4-14(13)9-15)20(27)25(21(28)24-22)11-19(26)23-16-7-8-17-18(10-16)30-12-29-17/h5-10H,2-4,11-12H2,1H3,(H,23,26)(H,24,28). The molecular weight excluding hydrogens is 386 g/mol. The maximum Gasteiger partial charge on any atom is 0.325 e. The lowest BCUT2D eigenvalue weighted by atomic mass is 9.89. The van der Waals surface area contributed by atoms with E-state index in [-0.39, 0.29) is 13.3 Å². The number of aryl methyl sites for hydroxylation is 2. The Labute approximate surface area is 173 Å². The molecule has 8 nitrogen and oxygen atoms in total. The third-order valence-electron chi connectivity index (χ3n) is 5.91. The summed E-state index contributed by atoms with van der Waals surface area (Å²) >= 11 is 0. The fraction of sp³-hybridized carbons (Fsp3) is 0.318. The van der Waals surface area contributed by atoms with Crippen molar-refractivity contribution in [2.45, 2.75) is 31.7 Å². The Kier molecular flexibility index (Phi) is 4.16. The fourth-order valence-corrected chi connectivity index (χ4v) is 4.24. The summed E-state index contributed by atoms with van der Waals surface area (Å²) in [5.41, 5.74) is 2.56. The topological polar surface area (TPSA) is 97.0 Å². The molecule has 2 N–H and O–H groups in total. The number of anilines is 1. The average Bonchev–Trinajstić information content (AvgIpc) is 3.43. The molecule has 2 aromatic rings. The van der Waals surface area contributed by atoms with Crippen LogP contribution in [0.15, 0.2) is 36.4 Å². The number of hydrogen-bond acceptors (Lipinski definition) is 5. The van der Waals surface area contributed by atoms with E-state index in [1.54, 1.807) is 25.1 Å². The molecular formula is C22H21N3O5. The summed E-state index contributed by atoms with van der Waals surface area (Å²) in [6.07, 6.45) is 3.11. The van der Waals surface area contributed by atoms with E-state index in [9.17, 15) is 14.4 Å². The van der Waals surface area contributed by atoms with Crippen molar-refractivity contribution in [3.63, 3.8) is 0 Å². The third-order valence-corrected chi connectivity index (χ3v) is 5.91. The van der Waals surface area contributed by atoms with Crippen molar-refractivity contribution in [3.05, 3.63) is 53.1 Å². The normalized spacial score (nSPS) is 21.6. The number of carbonyl (C=O) groups is 3. The van der Waals surface area contributed by atoms with E-state index in [1.807, 2.05) is 18.2 Å². The molecule has 1 unspecified atom stereocenters. The highest BCUT2D eigenvalue weighted by atomic mass is 16.7. The Morgan fingerprint density at radius 1 is 1.10 bits per heavy atom. The third kappa shape index (κ3) is 2.96. The SMILES string of the molecule is CC1(c2ccc3c(c2)CCC3)NC(=O)N(CC(=O)Nc2ccc3c(c2)OCO3)C1=O. The van der Waals surface area contributed by atoms with Crippen molar-refractivity contribution in [1.29, 1.82) is 0 Å². The number of nitrogens with zero attached hydrogens (tertiary/aromatic N) is 1. The molecule has 5 rings (SSSR count). The van der Waals surface area contributed by atoms with Gasteiger partial charge in [-0.15, -0.1) is 0 Å². The van der Waals surface area contributed by atoms with E-state index in [2.05, 4.69) is 10.6 Å². The number of imide groups is 1. The van der Waals surface area contributed by atoms with Gasteiger partial charge in [0, 0.05) is 11.8 Å². The number of amides is 4. The number of nitrogens with one attached hydrogen (secondary N) is 2. The van der Waals surface area contributed by atoms with Crippen LogP contribution in [0.4, 0.5) is 10.5 Å². The Bertz CT molecular complexity index is 1080. The highest BCUT2D eigenvalue weighted by Crippen LogP contribution is 2.35. The minimum Gasteiger partial charge on any atom is -0.454 e. The molecule has 154 valence electrons. The van der Waals surface area contributed by atoms with Crippen LogP contribution >= 0.6 is 0 Å². The summed E-state index contributed by atoms with van der Waals surface area (Å²) in [4.78, 5) is 39.1. The second kappa shape index (κ2) is 6.76. The molecule has 0 radical (unpaired) electrons. The van der Waals surface area contributed by atoms with Gasteiger partial charge in [0.15, 0.2) is 11.5 Å². The molecule has 30 heavy (non-hydrogen) atoms. The van der Waals surface area contributed by atoms with Gasteiger partial charge in [0.25, 0.3) is 5.91 Å². The lowest BCUT2D eigenvalue weighted by Gasteiger charge is -2.23. The van der Waals surface area contributed by atoms with Gasteiger partial charge in [-0.05, 0) is 55.0 Å². The summed E-state index contributed by atoms with van der Waals surface area (Å²) in [5.74, 6) is 0.223. The smallest absolute Gasteiger partial charge is 0.325 e. The number of benzene rings is 2. The quantitative estimate of drug-likeness (QED) is 0.758. The first-order valence-electron chi connectivity index (χ1n) is 9.90. The number of rotatable bonds is 4. The summed E-state index contributed by atoms with van der Waals surface area (Å²) in [6.45, 7) is 1.44. The van der Waals surface area contributed by atoms with E-state index >= 15 is 0 Å². The molecule has 0 spiro atoms. The summed E-state index contributed by atoms with van der Waals surface area (Å²) in [6, 6.07) is 10.3. The van der Waals surface area contributed by atoms with E-state index < -0.39 is 23.4 Å². The number of urea groups is 1.